The van der Waals surface area contributed by atoms with Crippen LogP contribution < -0.4 is 0 Å². The van der Waals surface area contributed by atoms with Crippen LogP contribution in [0.15, 0.2) is 36.5 Å². The molecule has 1 aliphatic heterocycles. The summed E-state index contributed by atoms with van der Waals surface area (Å²) in [6.07, 6.45) is -0.119. The number of benzene rings is 1. The third kappa shape index (κ3) is 4.63. The highest BCUT2D eigenvalue weighted by molar-refractivity contribution is 5.91. The lowest BCUT2D eigenvalue weighted by atomic mass is 9.69. The van der Waals surface area contributed by atoms with E-state index in [4.69, 9.17) is 5.10 Å². The van der Waals surface area contributed by atoms with Crippen molar-refractivity contribution in [3.8, 4) is 11.4 Å². The topological polar surface area (TPSA) is 79.8 Å². The number of rotatable bonds is 6. The van der Waals surface area contributed by atoms with E-state index in [1.54, 1.807) is 4.90 Å². The number of halogens is 4. The highest BCUT2D eigenvalue weighted by atomic mass is 19.4. The lowest BCUT2D eigenvalue weighted by Crippen LogP contribution is -2.59. The second-order valence-electron chi connectivity index (χ2n) is 12.6. The molecule has 0 unspecified atom stereocenters. The maximum absolute atomic E-state index is 15.0. The Morgan fingerprint density at radius 3 is 2.49 bits per heavy atom. The van der Waals surface area contributed by atoms with Gasteiger partial charge in [-0.15, -0.1) is 0 Å². The van der Waals surface area contributed by atoms with Crippen molar-refractivity contribution in [2.45, 2.75) is 69.7 Å². The van der Waals surface area contributed by atoms with E-state index in [0.717, 1.165) is 41.5 Å². The average Bonchev–Trinajstić information content (AvgIpc) is 3.62. The summed E-state index contributed by atoms with van der Waals surface area (Å²) in [5, 5.41) is 15.6. The van der Waals surface area contributed by atoms with Gasteiger partial charge in [0.1, 0.15) is 17.0 Å². The van der Waals surface area contributed by atoms with Crippen LogP contribution in [-0.4, -0.2) is 61.2 Å². The average molecular weight is 597 g/mol. The highest BCUT2D eigenvalue weighted by Gasteiger charge is 2.63. The van der Waals surface area contributed by atoms with Gasteiger partial charge in [0.15, 0.2) is 11.9 Å². The third-order valence-electron chi connectivity index (χ3n) is 9.70. The SMILES string of the molecule is Cc1c(-c2cc3cccc(C4CCN(C(=O)C5CC(O)(C(F)(F)F)C5)CC4)c3n2CC2CC2)nn2cc(C=O)cc(F)c12. The molecule has 1 N–H and O–H groups in total. The van der Waals surface area contributed by atoms with E-state index in [9.17, 15) is 32.3 Å². The number of aldehydes is 1. The zero-order valence-corrected chi connectivity index (χ0v) is 23.7. The fraction of sp³-hybridized carbons (Fsp3) is 0.469. The molecule has 2 aliphatic carbocycles. The number of piperidine rings is 1. The van der Waals surface area contributed by atoms with E-state index < -0.39 is 36.4 Å². The first-order valence-corrected chi connectivity index (χ1v) is 14.8. The minimum absolute atomic E-state index is 0.150. The van der Waals surface area contributed by atoms with E-state index in [0.29, 0.717) is 54.9 Å². The largest absolute Gasteiger partial charge is 0.417 e. The molecule has 11 heteroatoms. The normalized spacial score (nSPS) is 23.2. The molecule has 3 aliphatic rings. The number of aromatic nitrogens is 3. The van der Waals surface area contributed by atoms with Crippen LogP contribution in [0.4, 0.5) is 17.6 Å². The number of carbonyl (C=O) groups excluding carboxylic acids is 2. The number of amides is 1. The van der Waals surface area contributed by atoms with Gasteiger partial charge in [-0.2, -0.15) is 18.3 Å². The molecule has 1 saturated heterocycles. The van der Waals surface area contributed by atoms with E-state index in [2.05, 4.69) is 22.8 Å². The molecule has 226 valence electrons. The van der Waals surface area contributed by atoms with Crippen molar-refractivity contribution < 1.29 is 32.3 Å². The zero-order chi connectivity index (χ0) is 30.3. The van der Waals surface area contributed by atoms with Crippen molar-refractivity contribution >= 4 is 28.6 Å². The Kier molecular flexibility index (Phi) is 6.46. The molecular formula is C32H32F4N4O3. The van der Waals surface area contributed by atoms with Gasteiger partial charge in [0.2, 0.25) is 5.91 Å². The number of nitrogens with zero attached hydrogens (tertiary/aromatic N) is 4. The number of aryl methyl sites for hydroxylation is 1. The maximum atomic E-state index is 15.0. The summed E-state index contributed by atoms with van der Waals surface area (Å²) >= 11 is 0. The molecule has 0 spiro atoms. The number of pyridine rings is 1. The van der Waals surface area contributed by atoms with Gasteiger partial charge in [0.25, 0.3) is 0 Å². The first-order valence-electron chi connectivity index (χ1n) is 14.8. The van der Waals surface area contributed by atoms with E-state index in [1.165, 1.54) is 16.8 Å². The molecule has 4 aromatic rings. The summed E-state index contributed by atoms with van der Waals surface area (Å²) in [5.74, 6) is -0.923. The summed E-state index contributed by atoms with van der Waals surface area (Å²) in [6, 6.07) is 9.49. The van der Waals surface area contributed by atoms with Gasteiger partial charge >= 0.3 is 6.18 Å². The van der Waals surface area contributed by atoms with Crippen molar-refractivity contribution in [2.75, 3.05) is 13.1 Å². The molecule has 2 saturated carbocycles. The predicted octanol–water partition coefficient (Wildman–Crippen LogP) is 6.04. The summed E-state index contributed by atoms with van der Waals surface area (Å²) in [6.45, 7) is 3.53. The number of aliphatic hydroxyl groups is 1. The van der Waals surface area contributed by atoms with E-state index in [-0.39, 0.29) is 17.4 Å². The van der Waals surface area contributed by atoms with Crippen molar-refractivity contribution in [3.63, 3.8) is 0 Å². The molecule has 7 rings (SSSR count). The lowest BCUT2D eigenvalue weighted by Gasteiger charge is -2.45. The van der Waals surface area contributed by atoms with E-state index in [1.807, 2.05) is 13.0 Å². The van der Waals surface area contributed by atoms with Gasteiger partial charge in [-0.25, -0.2) is 8.91 Å². The van der Waals surface area contributed by atoms with Crippen LogP contribution in [0.5, 0.6) is 0 Å². The smallest absolute Gasteiger partial charge is 0.380 e. The number of fused-ring (bicyclic) bond motifs is 2. The number of hydrogen-bond acceptors (Lipinski definition) is 4. The quantitative estimate of drug-likeness (QED) is 0.218. The fourth-order valence-corrected chi connectivity index (χ4v) is 7.06. The molecule has 7 nitrogen and oxygen atoms in total. The molecule has 43 heavy (non-hydrogen) atoms. The Bertz CT molecular complexity index is 1760. The van der Waals surface area contributed by atoms with Crippen LogP contribution in [0, 0.1) is 24.6 Å². The Morgan fingerprint density at radius 1 is 1.12 bits per heavy atom. The first-order chi connectivity index (χ1) is 20.5. The van der Waals surface area contributed by atoms with Crippen molar-refractivity contribution in [1.29, 1.82) is 0 Å². The molecule has 1 aromatic carbocycles. The van der Waals surface area contributed by atoms with Gasteiger partial charge in [-0.05, 0) is 75.0 Å². The Balaban J connectivity index is 1.19. The summed E-state index contributed by atoms with van der Waals surface area (Å²) in [5.41, 5.74) is 2.27. The molecule has 3 fully saturated rings. The predicted molar refractivity (Wildman–Crippen MR) is 151 cm³/mol. The monoisotopic (exact) mass is 596 g/mol. The Labute approximate surface area is 245 Å². The molecular weight excluding hydrogens is 564 g/mol. The number of para-hydroxylation sites is 1. The molecule has 0 radical (unpaired) electrons. The van der Waals surface area contributed by atoms with Gasteiger partial charge in [-0.3, -0.25) is 9.59 Å². The molecule has 0 atom stereocenters. The molecule has 0 bridgehead atoms. The van der Waals surface area contributed by atoms with Crippen LogP contribution in [0.1, 0.15) is 65.9 Å². The fourth-order valence-electron chi connectivity index (χ4n) is 7.06. The second kappa shape index (κ2) is 9.90. The summed E-state index contributed by atoms with van der Waals surface area (Å²) in [4.78, 5) is 25.9. The summed E-state index contributed by atoms with van der Waals surface area (Å²) in [7, 11) is 0. The third-order valence-corrected chi connectivity index (χ3v) is 9.70. The minimum atomic E-state index is -4.72. The van der Waals surface area contributed by atoms with Crippen LogP contribution in [0.25, 0.3) is 27.8 Å². The first kappa shape index (κ1) is 28.1. The van der Waals surface area contributed by atoms with Crippen molar-refractivity contribution in [2.24, 2.45) is 11.8 Å². The van der Waals surface area contributed by atoms with E-state index >= 15 is 0 Å². The number of likely N-dealkylation sites (tertiary alicyclic amines) is 1. The number of carbonyl (C=O) groups is 2. The molecule has 3 aromatic heterocycles. The highest BCUT2D eigenvalue weighted by Crippen LogP contribution is 2.49. The zero-order valence-electron chi connectivity index (χ0n) is 23.7. The van der Waals surface area contributed by atoms with Crippen LogP contribution >= 0.6 is 0 Å². The molecule has 4 heterocycles. The van der Waals surface area contributed by atoms with Crippen LogP contribution in [-0.2, 0) is 11.3 Å². The van der Waals surface area contributed by atoms with Crippen molar-refractivity contribution in [1.82, 2.24) is 19.1 Å². The number of alkyl halides is 3. The number of hydrogen-bond donors (Lipinski definition) is 1. The van der Waals surface area contributed by atoms with Gasteiger partial charge in [0.05, 0.1) is 11.2 Å². The standard InChI is InChI=1S/C32H32F4N4O3/c1-18-27(37-40-16-20(17-41)11-25(33)28(18)40)26-12-22-3-2-4-24(29(22)39(26)15-19-5-6-19)21-7-9-38(10-8-21)30(42)23-13-31(43,14-23)32(34,35)36/h2-4,11-12,16-17,19,21,23,43H,5-10,13-15H2,1H3. The molecule has 1 amide bonds. The second-order valence-corrected chi connectivity index (χ2v) is 12.6. The maximum Gasteiger partial charge on any atom is 0.417 e. The van der Waals surface area contributed by atoms with Crippen LogP contribution in [0.3, 0.4) is 0 Å². The van der Waals surface area contributed by atoms with Crippen molar-refractivity contribution in [3.05, 3.63) is 59.0 Å². The van der Waals surface area contributed by atoms with Gasteiger partial charge in [-0.1, -0.05) is 18.2 Å². The van der Waals surface area contributed by atoms with Crippen LogP contribution in [0.2, 0.25) is 0 Å². The Hall–Kier alpha value is -3.73. The van der Waals surface area contributed by atoms with Gasteiger partial charge < -0.3 is 14.6 Å². The van der Waals surface area contributed by atoms with Gasteiger partial charge in [0, 0.05) is 48.3 Å². The lowest BCUT2D eigenvalue weighted by molar-refractivity contribution is -0.296. The minimum Gasteiger partial charge on any atom is -0.380 e. The summed E-state index contributed by atoms with van der Waals surface area (Å²) < 4.78 is 57.9. The Morgan fingerprint density at radius 2 is 1.84 bits per heavy atom.